The van der Waals surface area contributed by atoms with Gasteiger partial charge in [0.05, 0.1) is 5.92 Å². The number of carboxylic acid groups (broad SMARTS) is 1. The van der Waals surface area contributed by atoms with Crippen LogP contribution >= 0.6 is 0 Å². The molecule has 7 nitrogen and oxygen atoms in total. The van der Waals surface area contributed by atoms with Crippen LogP contribution < -0.4 is 5.73 Å². The van der Waals surface area contributed by atoms with E-state index >= 15 is 0 Å². The maximum Gasteiger partial charge on any atom is 0.312 e. The van der Waals surface area contributed by atoms with Gasteiger partial charge in [0.1, 0.15) is 17.6 Å². The Bertz CT molecular complexity index is 659. The summed E-state index contributed by atoms with van der Waals surface area (Å²) >= 11 is 0. The van der Waals surface area contributed by atoms with E-state index in [4.69, 9.17) is 15.3 Å². The number of carboxylic acids is 1. The molecule has 0 amide bonds. The molecule has 4 unspecified atom stereocenters. The fraction of sp³-hybridized carbons (Fsp3) is 0.619. The van der Waals surface area contributed by atoms with Crippen molar-refractivity contribution in [3.63, 3.8) is 0 Å². The molecule has 28 heavy (non-hydrogen) atoms. The second kappa shape index (κ2) is 9.49. The summed E-state index contributed by atoms with van der Waals surface area (Å²) in [6.45, 7) is 8.38. The van der Waals surface area contributed by atoms with Crippen LogP contribution in [0.15, 0.2) is 30.3 Å². The minimum absolute atomic E-state index is 0.0405. The lowest BCUT2D eigenvalue weighted by atomic mass is 9.85. The lowest BCUT2D eigenvalue weighted by Crippen LogP contribution is -2.41. The molecule has 1 aliphatic rings. The average molecular weight is 392 g/mol. The van der Waals surface area contributed by atoms with E-state index in [0.717, 1.165) is 5.56 Å². The minimum atomic E-state index is -0.977. The summed E-state index contributed by atoms with van der Waals surface area (Å²) in [6, 6.07) is 9.67. The molecule has 0 saturated carbocycles. The van der Waals surface area contributed by atoms with Crippen LogP contribution in [0, 0.1) is 17.8 Å². The molecule has 7 heteroatoms. The van der Waals surface area contributed by atoms with Crippen molar-refractivity contribution in [1.29, 1.82) is 0 Å². The van der Waals surface area contributed by atoms with Gasteiger partial charge in [0, 0.05) is 13.1 Å². The fourth-order valence-electron chi connectivity index (χ4n) is 3.34. The van der Waals surface area contributed by atoms with Gasteiger partial charge in [0.2, 0.25) is 0 Å². The summed E-state index contributed by atoms with van der Waals surface area (Å²) in [5.74, 6) is -2.88. The monoisotopic (exact) mass is 392 g/mol. The predicted octanol–water partition coefficient (Wildman–Crippen LogP) is 2.45. The van der Waals surface area contributed by atoms with Gasteiger partial charge in [-0.1, -0.05) is 37.3 Å². The van der Waals surface area contributed by atoms with Gasteiger partial charge >= 0.3 is 11.9 Å². The van der Waals surface area contributed by atoms with Crippen molar-refractivity contribution in [3.05, 3.63) is 35.9 Å². The van der Waals surface area contributed by atoms with Crippen LogP contribution in [0.2, 0.25) is 0 Å². The first-order valence-electron chi connectivity index (χ1n) is 9.72. The van der Waals surface area contributed by atoms with Crippen molar-refractivity contribution in [2.75, 3.05) is 13.1 Å². The Hall–Kier alpha value is -1.96. The Morgan fingerprint density at radius 2 is 1.96 bits per heavy atom. The van der Waals surface area contributed by atoms with Crippen molar-refractivity contribution in [3.8, 4) is 0 Å². The molecule has 1 saturated heterocycles. The molecule has 1 aromatic carbocycles. The lowest BCUT2D eigenvalue weighted by molar-refractivity contribution is -0.191. The van der Waals surface area contributed by atoms with Crippen molar-refractivity contribution in [2.24, 2.45) is 23.5 Å². The first kappa shape index (κ1) is 22.3. The van der Waals surface area contributed by atoms with Gasteiger partial charge in [0.15, 0.2) is 0 Å². The quantitative estimate of drug-likeness (QED) is 0.655. The Labute approximate surface area is 166 Å². The van der Waals surface area contributed by atoms with Crippen LogP contribution in [-0.4, -0.2) is 46.9 Å². The van der Waals surface area contributed by atoms with E-state index in [-0.39, 0.29) is 12.5 Å². The van der Waals surface area contributed by atoms with E-state index in [0.29, 0.717) is 19.5 Å². The molecule has 0 bridgehead atoms. The minimum Gasteiger partial charge on any atom is -0.481 e. The Morgan fingerprint density at radius 3 is 2.50 bits per heavy atom. The molecule has 3 N–H and O–H groups in total. The van der Waals surface area contributed by atoms with Gasteiger partial charge in [0.25, 0.3) is 0 Å². The van der Waals surface area contributed by atoms with E-state index in [2.05, 4.69) is 0 Å². The number of rotatable bonds is 8. The van der Waals surface area contributed by atoms with Gasteiger partial charge < -0.3 is 15.6 Å². The highest BCUT2D eigenvalue weighted by Crippen LogP contribution is 2.33. The number of carbonyl (C=O) groups excluding carboxylic acids is 1. The summed E-state index contributed by atoms with van der Waals surface area (Å²) in [6.07, 6.45) is -0.371. The molecule has 1 fully saturated rings. The number of nitrogens with two attached hydrogens (primary N) is 1. The highest BCUT2D eigenvalue weighted by atomic mass is 16.7. The van der Waals surface area contributed by atoms with E-state index in [9.17, 15) is 14.7 Å². The molecule has 1 aromatic rings. The third-order valence-corrected chi connectivity index (χ3v) is 4.75. The second-order valence-corrected chi connectivity index (χ2v) is 8.54. The van der Waals surface area contributed by atoms with Crippen LogP contribution in [0.5, 0.6) is 0 Å². The molecule has 1 heterocycles. The molecule has 0 radical (unpaired) electrons. The maximum absolute atomic E-state index is 12.9. The number of esters is 1. The van der Waals surface area contributed by atoms with E-state index in [1.54, 1.807) is 25.8 Å². The summed E-state index contributed by atoms with van der Waals surface area (Å²) < 4.78 is 5.57. The van der Waals surface area contributed by atoms with Crippen LogP contribution in [0.25, 0.3) is 0 Å². The number of hydrogen-bond donors (Lipinski definition) is 2. The number of hydroxylamine groups is 2. The first-order valence-corrected chi connectivity index (χ1v) is 9.72. The van der Waals surface area contributed by atoms with Gasteiger partial charge in [-0.15, -0.1) is 0 Å². The number of ether oxygens (including phenoxy) is 1. The van der Waals surface area contributed by atoms with Crippen molar-refractivity contribution in [2.45, 2.75) is 52.4 Å². The number of nitrogens with zero attached hydrogens (tertiary/aromatic N) is 1. The third kappa shape index (κ3) is 6.29. The Kier molecular flexibility index (Phi) is 7.57. The summed E-state index contributed by atoms with van der Waals surface area (Å²) in [5, 5.41) is 11.4. The second-order valence-electron chi connectivity index (χ2n) is 8.54. The van der Waals surface area contributed by atoms with Crippen molar-refractivity contribution >= 4 is 11.9 Å². The molecule has 0 spiro atoms. The summed E-state index contributed by atoms with van der Waals surface area (Å²) in [7, 11) is 0. The Balaban J connectivity index is 2.22. The molecule has 4 atom stereocenters. The molecule has 156 valence electrons. The highest BCUT2D eigenvalue weighted by Gasteiger charge is 2.47. The van der Waals surface area contributed by atoms with Gasteiger partial charge in [-0.25, -0.2) is 0 Å². The fourth-order valence-corrected chi connectivity index (χ4v) is 3.34. The number of benzene rings is 1. The lowest BCUT2D eigenvalue weighted by Gasteiger charge is -2.29. The van der Waals surface area contributed by atoms with Gasteiger partial charge in [-0.2, -0.15) is 5.06 Å². The molecular weight excluding hydrogens is 360 g/mol. The predicted molar refractivity (Wildman–Crippen MR) is 105 cm³/mol. The van der Waals surface area contributed by atoms with E-state index in [1.165, 1.54) is 0 Å². The van der Waals surface area contributed by atoms with E-state index < -0.39 is 35.5 Å². The molecule has 2 rings (SSSR count). The van der Waals surface area contributed by atoms with Crippen molar-refractivity contribution in [1.82, 2.24) is 5.06 Å². The van der Waals surface area contributed by atoms with Crippen LogP contribution in [0.4, 0.5) is 0 Å². The smallest absolute Gasteiger partial charge is 0.312 e. The van der Waals surface area contributed by atoms with Crippen LogP contribution in [0.1, 0.15) is 39.7 Å². The zero-order valence-corrected chi connectivity index (χ0v) is 17.1. The molecule has 0 aromatic heterocycles. The average Bonchev–Trinajstić information content (AvgIpc) is 3.02. The largest absolute Gasteiger partial charge is 0.481 e. The maximum atomic E-state index is 12.9. The standard InChI is InChI=1S/C21H32N2O5/c1-14(11-22)10-16(20(26)27-21(2,3)4)18-17(19(24)25)13-23(28-18)12-15-8-6-5-7-9-15/h5-9,14,16-18H,10-13,22H2,1-4H3,(H,24,25). The normalized spacial score (nSPS) is 22.6. The van der Waals surface area contributed by atoms with E-state index in [1.807, 2.05) is 37.3 Å². The Morgan fingerprint density at radius 1 is 1.32 bits per heavy atom. The topological polar surface area (TPSA) is 102 Å². The zero-order valence-electron chi connectivity index (χ0n) is 17.1. The van der Waals surface area contributed by atoms with Crippen molar-refractivity contribution < 1.29 is 24.3 Å². The van der Waals surface area contributed by atoms with Gasteiger partial charge in [-0.3, -0.25) is 14.4 Å². The molecule has 1 aliphatic heterocycles. The van der Waals surface area contributed by atoms with Gasteiger partial charge in [-0.05, 0) is 45.2 Å². The SMILES string of the molecule is CC(CN)CC(C(=O)OC(C)(C)C)C1ON(Cc2ccccc2)CC1C(=O)O. The number of carbonyl (C=O) groups is 2. The first-order chi connectivity index (χ1) is 13.1. The number of hydrogen-bond acceptors (Lipinski definition) is 6. The third-order valence-electron chi connectivity index (χ3n) is 4.75. The van der Waals surface area contributed by atoms with Crippen LogP contribution in [0.3, 0.4) is 0 Å². The highest BCUT2D eigenvalue weighted by molar-refractivity contribution is 5.77. The summed E-state index contributed by atoms with van der Waals surface area (Å²) in [4.78, 5) is 30.8. The summed E-state index contributed by atoms with van der Waals surface area (Å²) in [5.41, 5.74) is 6.10. The number of aliphatic carboxylic acids is 1. The molecular formula is C21H32N2O5. The molecule has 0 aliphatic carbocycles. The zero-order chi connectivity index (χ0) is 20.9. The van der Waals surface area contributed by atoms with Crippen LogP contribution in [-0.2, 0) is 25.7 Å².